The van der Waals surface area contributed by atoms with Crippen LogP contribution in [0.3, 0.4) is 0 Å². The lowest BCUT2D eigenvalue weighted by atomic mass is 10.0. The largest absolute Gasteiger partial charge is 0.466 e. The molecule has 10 nitrogen and oxygen atoms in total. The van der Waals surface area contributed by atoms with Crippen LogP contribution in [-0.4, -0.2) is 70.4 Å². The Kier molecular flexibility index (Phi) is 10.3. The van der Waals surface area contributed by atoms with Crippen LogP contribution in [0.25, 0.3) is 11.0 Å². The van der Waals surface area contributed by atoms with E-state index in [1.807, 2.05) is 70.9 Å². The predicted molar refractivity (Wildman–Crippen MR) is 155 cm³/mol. The van der Waals surface area contributed by atoms with Crippen molar-refractivity contribution < 1.29 is 14.3 Å². The fourth-order valence-electron chi connectivity index (χ4n) is 4.87. The number of carbonyl (C=O) groups excluding carboxylic acids is 2. The predicted octanol–water partition coefficient (Wildman–Crippen LogP) is 3.44. The van der Waals surface area contributed by atoms with E-state index in [2.05, 4.69) is 5.32 Å². The molecule has 1 saturated heterocycles. The molecule has 0 aliphatic carbocycles. The number of likely N-dealkylation sites (tertiary alicyclic amines) is 1. The molecule has 2 aromatic carbocycles. The van der Waals surface area contributed by atoms with Gasteiger partial charge in [-0.3, -0.25) is 19.9 Å². The molecule has 0 bridgehead atoms. The first-order valence-corrected chi connectivity index (χ1v) is 13.1. The summed E-state index contributed by atoms with van der Waals surface area (Å²) in [7, 11) is 3.86. The van der Waals surface area contributed by atoms with E-state index in [0.717, 1.165) is 54.0 Å². The number of likely N-dealkylation sites (N-methyl/N-ethyl adjacent to an activating group) is 1. The number of amidine groups is 1. The van der Waals surface area contributed by atoms with E-state index in [4.69, 9.17) is 20.9 Å². The van der Waals surface area contributed by atoms with Crippen molar-refractivity contribution in [3.8, 4) is 0 Å². The molecule has 0 spiro atoms. The highest BCUT2D eigenvalue weighted by Gasteiger charge is 2.31. The topological polar surface area (TPSA) is 130 Å². The lowest BCUT2D eigenvalue weighted by Gasteiger charge is -2.30. The van der Waals surface area contributed by atoms with Gasteiger partial charge in [-0.15, -0.1) is 12.4 Å². The summed E-state index contributed by atoms with van der Waals surface area (Å²) in [6.45, 7) is 4.58. The number of halogens is 1. The summed E-state index contributed by atoms with van der Waals surface area (Å²) in [5.74, 6) is 0.682. The minimum absolute atomic E-state index is 0. The molecule has 39 heavy (non-hydrogen) atoms. The molecule has 210 valence electrons. The molecule has 2 heterocycles. The van der Waals surface area contributed by atoms with E-state index in [9.17, 15) is 9.59 Å². The van der Waals surface area contributed by atoms with Crippen molar-refractivity contribution in [1.82, 2.24) is 19.4 Å². The second kappa shape index (κ2) is 13.4. The minimum atomic E-state index is -0.504. The number of imidazole rings is 1. The molecule has 4 rings (SSSR count). The number of amides is 1. The normalized spacial score (nSPS) is 13.8. The first kappa shape index (κ1) is 29.9. The van der Waals surface area contributed by atoms with Crippen LogP contribution in [0.5, 0.6) is 0 Å². The standard InChI is InChI=1S/C28H37N7O3.ClH/c1-4-38-25(36)13-16-33(2)26(28(37)35-14-5-6-15-35)20-9-12-23-22(17-20)32-24(34(23)3)18-31-21-10-7-19(8-11-21)27(29)30;/h7-12,17,26,31H,4-6,13-16,18H2,1-3H3,(H3,29,30);1H. The Morgan fingerprint density at radius 3 is 2.51 bits per heavy atom. The molecule has 1 aliphatic rings. The summed E-state index contributed by atoms with van der Waals surface area (Å²) in [5.41, 5.74) is 9.77. The second-order valence-electron chi connectivity index (χ2n) is 9.65. The number of nitrogens with one attached hydrogen (secondary N) is 2. The molecule has 3 aromatic rings. The van der Waals surface area contributed by atoms with Gasteiger partial charge < -0.3 is 25.3 Å². The quantitative estimate of drug-likeness (QED) is 0.188. The Morgan fingerprint density at radius 2 is 1.87 bits per heavy atom. The van der Waals surface area contributed by atoms with Gasteiger partial charge in [0.2, 0.25) is 5.91 Å². The first-order valence-electron chi connectivity index (χ1n) is 13.1. The van der Waals surface area contributed by atoms with Crippen LogP contribution in [0.4, 0.5) is 5.69 Å². The van der Waals surface area contributed by atoms with Crippen molar-refractivity contribution in [3.63, 3.8) is 0 Å². The number of aromatic nitrogens is 2. The Morgan fingerprint density at radius 1 is 1.18 bits per heavy atom. The zero-order valence-corrected chi connectivity index (χ0v) is 23.6. The summed E-state index contributed by atoms with van der Waals surface area (Å²) < 4.78 is 7.13. The van der Waals surface area contributed by atoms with Crippen LogP contribution in [-0.2, 0) is 27.9 Å². The highest BCUT2D eigenvalue weighted by molar-refractivity contribution is 5.95. The average Bonchev–Trinajstić information content (AvgIpc) is 3.55. The number of nitrogens with zero attached hydrogens (tertiary/aromatic N) is 4. The number of benzene rings is 2. The third kappa shape index (κ3) is 7.07. The van der Waals surface area contributed by atoms with Crippen LogP contribution in [0.2, 0.25) is 0 Å². The fourth-order valence-corrected chi connectivity index (χ4v) is 4.87. The molecule has 1 atom stereocenters. The number of carbonyl (C=O) groups is 2. The van der Waals surface area contributed by atoms with Gasteiger partial charge in [-0.25, -0.2) is 4.98 Å². The van der Waals surface area contributed by atoms with Gasteiger partial charge in [-0.05, 0) is 68.8 Å². The maximum absolute atomic E-state index is 13.6. The van der Waals surface area contributed by atoms with Crippen LogP contribution in [0.15, 0.2) is 42.5 Å². The summed E-state index contributed by atoms with van der Waals surface area (Å²) in [6, 6.07) is 12.9. The van der Waals surface area contributed by atoms with Gasteiger partial charge in [-0.2, -0.15) is 0 Å². The molecule has 1 aromatic heterocycles. The van der Waals surface area contributed by atoms with Gasteiger partial charge in [0.25, 0.3) is 0 Å². The fraction of sp³-hybridized carbons (Fsp3) is 0.429. The van der Waals surface area contributed by atoms with Gasteiger partial charge >= 0.3 is 5.97 Å². The number of esters is 1. The molecule has 1 aliphatic heterocycles. The van der Waals surface area contributed by atoms with E-state index >= 15 is 0 Å². The summed E-state index contributed by atoms with van der Waals surface area (Å²) in [4.78, 5) is 34.3. The van der Waals surface area contributed by atoms with Crippen LogP contribution < -0.4 is 11.1 Å². The van der Waals surface area contributed by atoms with E-state index in [1.165, 1.54) is 0 Å². The molecular weight excluding hydrogens is 518 g/mol. The summed E-state index contributed by atoms with van der Waals surface area (Å²) in [6.07, 6.45) is 2.25. The van der Waals surface area contributed by atoms with Gasteiger partial charge in [0.1, 0.15) is 17.7 Å². The molecule has 1 amide bonds. The Bertz CT molecular complexity index is 1300. The monoisotopic (exact) mass is 555 g/mol. The number of anilines is 1. The maximum Gasteiger partial charge on any atom is 0.307 e. The average molecular weight is 556 g/mol. The summed E-state index contributed by atoms with van der Waals surface area (Å²) in [5, 5.41) is 10.9. The smallest absolute Gasteiger partial charge is 0.307 e. The lowest BCUT2D eigenvalue weighted by Crippen LogP contribution is -2.41. The highest BCUT2D eigenvalue weighted by Crippen LogP contribution is 2.28. The maximum atomic E-state index is 13.6. The van der Waals surface area contributed by atoms with Crippen molar-refractivity contribution in [2.45, 2.75) is 38.8 Å². The second-order valence-corrected chi connectivity index (χ2v) is 9.65. The number of ether oxygens (including phenoxy) is 1. The van der Waals surface area contributed by atoms with Gasteiger partial charge in [0.05, 0.1) is 30.6 Å². The summed E-state index contributed by atoms with van der Waals surface area (Å²) >= 11 is 0. The third-order valence-electron chi connectivity index (χ3n) is 7.03. The SMILES string of the molecule is CCOC(=O)CCN(C)C(C(=O)N1CCCC1)c1ccc2c(c1)nc(CNc1ccc(C(=N)N)cc1)n2C.Cl. The molecule has 1 unspecified atom stereocenters. The number of nitrogens with two attached hydrogens (primary N) is 1. The molecule has 0 saturated carbocycles. The Hall–Kier alpha value is -3.63. The molecule has 0 radical (unpaired) electrons. The van der Waals surface area contributed by atoms with Gasteiger partial charge in [-0.1, -0.05) is 6.07 Å². The Labute approximate surface area is 235 Å². The lowest BCUT2D eigenvalue weighted by molar-refractivity contribution is -0.144. The van der Waals surface area contributed by atoms with Gasteiger partial charge in [0.15, 0.2) is 0 Å². The molecule has 1 fully saturated rings. The van der Waals surface area contributed by atoms with Crippen molar-refractivity contribution >= 4 is 46.8 Å². The minimum Gasteiger partial charge on any atom is -0.466 e. The molecule has 11 heteroatoms. The number of hydrogen-bond acceptors (Lipinski definition) is 7. The van der Waals surface area contributed by atoms with Crippen molar-refractivity contribution in [2.75, 3.05) is 38.6 Å². The van der Waals surface area contributed by atoms with Crippen LogP contribution in [0, 0.1) is 5.41 Å². The van der Waals surface area contributed by atoms with Crippen LogP contribution >= 0.6 is 12.4 Å². The van der Waals surface area contributed by atoms with E-state index in [0.29, 0.717) is 25.3 Å². The molecule has 4 N–H and O–H groups in total. The third-order valence-corrected chi connectivity index (χ3v) is 7.03. The number of fused-ring (bicyclic) bond motifs is 1. The number of hydrogen-bond donors (Lipinski definition) is 3. The number of nitrogen functional groups attached to an aromatic ring is 1. The first-order chi connectivity index (χ1) is 18.3. The van der Waals surface area contributed by atoms with Crippen molar-refractivity contribution in [2.24, 2.45) is 12.8 Å². The van der Waals surface area contributed by atoms with Crippen molar-refractivity contribution in [3.05, 3.63) is 59.4 Å². The molecular formula is C28H38ClN7O3. The van der Waals surface area contributed by atoms with Crippen molar-refractivity contribution in [1.29, 1.82) is 5.41 Å². The number of rotatable bonds is 11. The Balaban J connectivity index is 0.00000420. The van der Waals surface area contributed by atoms with Crippen LogP contribution in [0.1, 0.15) is 49.2 Å². The van der Waals surface area contributed by atoms with E-state index in [1.54, 1.807) is 6.92 Å². The van der Waals surface area contributed by atoms with Gasteiger partial charge in [0, 0.05) is 37.9 Å². The zero-order valence-electron chi connectivity index (χ0n) is 22.8. The van der Waals surface area contributed by atoms with E-state index in [-0.39, 0.29) is 36.5 Å². The zero-order chi connectivity index (χ0) is 27.2. The van der Waals surface area contributed by atoms with E-state index < -0.39 is 6.04 Å². The number of aryl methyl sites for hydroxylation is 1. The highest BCUT2D eigenvalue weighted by atomic mass is 35.5.